The fourth-order valence-corrected chi connectivity index (χ4v) is 7.68. The van der Waals surface area contributed by atoms with Gasteiger partial charge in [0.25, 0.3) is 0 Å². The standard InChI is InChI=1S/C45H33N/c1-45(2)42-15-9-8-14-39(42)41-29-37(26-27-43(41)45)46(35-11-4-3-5-12-35)36-24-22-30(23-25-36)34-21-18-32-17-20-33-19-16-31-10-6-7-13-38(31)44(33)40(32)28-34/h3-29H,1-2H3. The lowest BCUT2D eigenvalue weighted by molar-refractivity contribution is 0.660. The molecule has 1 aliphatic rings. The number of hydrogen-bond acceptors (Lipinski definition) is 1. The van der Waals surface area contributed by atoms with Gasteiger partial charge in [-0.1, -0.05) is 135 Å². The summed E-state index contributed by atoms with van der Waals surface area (Å²) in [5.41, 5.74) is 11.3. The fourth-order valence-electron chi connectivity index (χ4n) is 7.68. The van der Waals surface area contributed by atoms with Gasteiger partial charge in [0, 0.05) is 22.5 Å². The van der Waals surface area contributed by atoms with E-state index in [4.69, 9.17) is 0 Å². The summed E-state index contributed by atoms with van der Waals surface area (Å²) in [5.74, 6) is 0. The summed E-state index contributed by atoms with van der Waals surface area (Å²) in [7, 11) is 0. The Labute approximate surface area is 270 Å². The Bertz CT molecular complexity index is 2430. The molecule has 0 radical (unpaired) electrons. The second-order valence-electron chi connectivity index (χ2n) is 13.0. The molecule has 0 spiro atoms. The predicted octanol–water partition coefficient (Wildman–Crippen LogP) is 12.6. The molecule has 46 heavy (non-hydrogen) atoms. The first kappa shape index (κ1) is 26.7. The van der Waals surface area contributed by atoms with E-state index in [1.807, 2.05) is 0 Å². The number of benzene rings is 8. The van der Waals surface area contributed by atoms with Crippen LogP contribution in [0.15, 0.2) is 164 Å². The molecule has 0 unspecified atom stereocenters. The number of anilines is 3. The Hall–Kier alpha value is -5.66. The average Bonchev–Trinajstić information content (AvgIpc) is 3.34. The molecule has 0 bridgehead atoms. The molecule has 0 amide bonds. The van der Waals surface area contributed by atoms with Crippen LogP contribution in [0.4, 0.5) is 17.1 Å². The molecule has 0 aliphatic heterocycles. The molecule has 0 saturated heterocycles. The second-order valence-corrected chi connectivity index (χ2v) is 13.0. The van der Waals surface area contributed by atoms with Gasteiger partial charge in [0.2, 0.25) is 0 Å². The molecule has 0 atom stereocenters. The van der Waals surface area contributed by atoms with Crippen molar-refractivity contribution in [2.45, 2.75) is 19.3 Å². The lowest BCUT2D eigenvalue weighted by Gasteiger charge is -2.27. The van der Waals surface area contributed by atoms with Gasteiger partial charge in [0.15, 0.2) is 0 Å². The average molecular weight is 588 g/mol. The maximum atomic E-state index is 2.38. The third-order valence-corrected chi connectivity index (χ3v) is 10.0. The highest BCUT2D eigenvalue weighted by molar-refractivity contribution is 6.20. The summed E-state index contributed by atoms with van der Waals surface area (Å²) in [5, 5.41) is 7.74. The third kappa shape index (κ3) is 4.09. The molecule has 0 fully saturated rings. The van der Waals surface area contributed by atoms with Gasteiger partial charge in [-0.25, -0.2) is 0 Å². The molecule has 8 aromatic rings. The van der Waals surface area contributed by atoms with E-state index < -0.39 is 0 Å². The highest BCUT2D eigenvalue weighted by Crippen LogP contribution is 2.50. The van der Waals surface area contributed by atoms with Gasteiger partial charge < -0.3 is 4.90 Å². The third-order valence-electron chi connectivity index (χ3n) is 10.0. The van der Waals surface area contributed by atoms with E-state index in [2.05, 4.69) is 183 Å². The van der Waals surface area contributed by atoms with Crippen molar-refractivity contribution in [2.75, 3.05) is 4.90 Å². The molecule has 218 valence electrons. The SMILES string of the molecule is CC1(C)c2ccccc2-c2cc(N(c3ccccc3)c3ccc(-c4ccc5ccc6ccc7ccccc7c6c5c4)cc3)ccc21. The van der Waals surface area contributed by atoms with Crippen molar-refractivity contribution in [1.82, 2.24) is 0 Å². The minimum Gasteiger partial charge on any atom is -0.310 e. The number of fused-ring (bicyclic) bond motifs is 8. The highest BCUT2D eigenvalue weighted by atomic mass is 15.1. The van der Waals surface area contributed by atoms with Crippen LogP contribution in [-0.2, 0) is 5.41 Å². The maximum Gasteiger partial charge on any atom is 0.0468 e. The quantitative estimate of drug-likeness (QED) is 0.185. The Balaban J connectivity index is 1.15. The molecule has 0 N–H and O–H groups in total. The topological polar surface area (TPSA) is 3.24 Å². The molecular formula is C45H33N. The van der Waals surface area contributed by atoms with Crippen LogP contribution in [0, 0.1) is 0 Å². The van der Waals surface area contributed by atoms with Gasteiger partial charge in [-0.2, -0.15) is 0 Å². The molecule has 0 heterocycles. The Morgan fingerprint density at radius 2 is 0.978 bits per heavy atom. The van der Waals surface area contributed by atoms with Crippen molar-refractivity contribution in [3.8, 4) is 22.3 Å². The monoisotopic (exact) mass is 587 g/mol. The largest absolute Gasteiger partial charge is 0.310 e. The van der Waals surface area contributed by atoms with E-state index in [1.165, 1.54) is 65.7 Å². The predicted molar refractivity (Wildman–Crippen MR) is 197 cm³/mol. The molecule has 0 aromatic heterocycles. The summed E-state index contributed by atoms with van der Waals surface area (Å²) in [6.07, 6.45) is 0. The number of para-hydroxylation sites is 1. The summed E-state index contributed by atoms with van der Waals surface area (Å²) in [6, 6.07) is 60.2. The van der Waals surface area contributed by atoms with Crippen LogP contribution in [0.25, 0.3) is 54.6 Å². The van der Waals surface area contributed by atoms with Crippen LogP contribution in [0.3, 0.4) is 0 Å². The van der Waals surface area contributed by atoms with E-state index in [0.717, 1.165) is 17.1 Å². The first-order chi connectivity index (χ1) is 22.6. The van der Waals surface area contributed by atoms with Crippen LogP contribution in [0.5, 0.6) is 0 Å². The summed E-state index contributed by atoms with van der Waals surface area (Å²) in [4.78, 5) is 2.37. The molecular weight excluding hydrogens is 555 g/mol. The lowest BCUT2D eigenvalue weighted by atomic mass is 9.82. The summed E-state index contributed by atoms with van der Waals surface area (Å²) < 4.78 is 0. The number of rotatable bonds is 4. The van der Waals surface area contributed by atoms with Crippen molar-refractivity contribution >= 4 is 49.4 Å². The first-order valence-electron chi connectivity index (χ1n) is 16.1. The second kappa shape index (κ2) is 10.2. The zero-order valence-electron chi connectivity index (χ0n) is 26.0. The van der Waals surface area contributed by atoms with Crippen molar-refractivity contribution < 1.29 is 0 Å². The maximum absolute atomic E-state index is 2.38. The van der Waals surface area contributed by atoms with Gasteiger partial charge in [0.05, 0.1) is 0 Å². The van der Waals surface area contributed by atoms with Crippen LogP contribution >= 0.6 is 0 Å². The normalized spacial score (nSPS) is 13.2. The van der Waals surface area contributed by atoms with Gasteiger partial charge in [-0.3, -0.25) is 0 Å². The van der Waals surface area contributed by atoms with E-state index in [0.29, 0.717) is 0 Å². The number of nitrogens with zero attached hydrogens (tertiary/aromatic N) is 1. The molecule has 9 rings (SSSR count). The van der Waals surface area contributed by atoms with Gasteiger partial charge in [-0.05, 0) is 108 Å². The molecule has 1 nitrogen and oxygen atoms in total. The van der Waals surface area contributed by atoms with Gasteiger partial charge >= 0.3 is 0 Å². The van der Waals surface area contributed by atoms with Crippen LogP contribution < -0.4 is 4.90 Å². The highest BCUT2D eigenvalue weighted by Gasteiger charge is 2.35. The zero-order chi connectivity index (χ0) is 30.8. The van der Waals surface area contributed by atoms with Crippen LogP contribution in [0.2, 0.25) is 0 Å². The van der Waals surface area contributed by atoms with Crippen molar-refractivity contribution in [1.29, 1.82) is 0 Å². The van der Waals surface area contributed by atoms with Crippen LogP contribution in [0.1, 0.15) is 25.0 Å². The molecule has 8 aromatic carbocycles. The molecule has 1 heteroatoms. The van der Waals surface area contributed by atoms with Gasteiger partial charge in [0.1, 0.15) is 0 Å². The van der Waals surface area contributed by atoms with Crippen molar-refractivity contribution in [3.63, 3.8) is 0 Å². The summed E-state index contributed by atoms with van der Waals surface area (Å²) in [6.45, 7) is 4.67. The zero-order valence-corrected chi connectivity index (χ0v) is 26.0. The molecule has 1 aliphatic carbocycles. The Kier molecular flexibility index (Phi) is 5.92. The Morgan fingerprint density at radius 3 is 1.80 bits per heavy atom. The number of hydrogen-bond donors (Lipinski definition) is 0. The lowest BCUT2D eigenvalue weighted by Crippen LogP contribution is -2.15. The minimum atomic E-state index is -0.0127. The van der Waals surface area contributed by atoms with E-state index in [1.54, 1.807) is 0 Å². The Morgan fingerprint density at radius 1 is 0.391 bits per heavy atom. The van der Waals surface area contributed by atoms with E-state index >= 15 is 0 Å². The van der Waals surface area contributed by atoms with Crippen LogP contribution in [-0.4, -0.2) is 0 Å². The smallest absolute Gasteiger partial charge is 0.0468 e. The minimum absolute atomic E-state index is 0.0127. The fraction of sp³-hybridized carbons (Fsp3) is 0.0667. The van der Waals surface area contributed by atoms with Crippen molar-refractivity contribution in [3.05, 3.63) is 175 Å². The van der Waals surface area contributed by atoms with Gasteiger partial charge in [-0.15, -0.1) is 0 Å². The van der Waals surface area contributed by atoms with Crippen molar-refractivity contribution in [2.24, 2.45) is 0 Å². The van der Waals surface area contributed by atoms with E-state index in [9.17, 15) is 0 Å². The van der Waals surface area contributed by atoms with E-state index in [-0.39, 0.29) is 5.41 Å². The summed E-state index contributed by atoms with van der Waals surface area (Å²) >= 11 is 0. The first-order valence-corrected chi connectivity index (χ1v) is 16.1. The molecule has 0 saturated carbocycles.